The van der Waals surface area contributed by atoms with Gasteiger partial charge in [0.15, 0.2) is 0 Å². The van der Waals surface area contributed by atoms with Crippen molar-refractivity contribution < 1.29 is 14.3 Å². The number of hydrogen-bond acceptors (Lipinski definition) is 5. The molecule has 1 aliphatic heterocycles. The standard InChI is InChI=1S/C20H19N3O3S/c1-14-8-10-16(11-9-14)23-20(27)22(13-15-6-4-3-5-7-15)18(24)12-17(21-23)19(25)26-2/h3-12,21H,13H2,1-2H3. The molecular formula is C20H19N3O3S. The van der Waals surface area contributed by atoms with Gasteiger partial charge in [0.2, 0.25) is 5.11 Å². The number of benzene rings is 2. The highest BCUT2D eigenvalue weighted by Gasteiger charge is 2.30. The second kappa shape index (κ2) is 8.01. The van der Waals surface area contributed by atoms with Gasteiger partial charge in [-0.25, -0.2) is 9.80 Å². The smallest absolute Gasteiger partial charge is 0.356 e. The van der Waals surface area contributed by atoms with Gasteiger partial charge < -0.3 is 4.74 Å². The van der Waals surface area contributed by atoms with Gasteiger partial charge in [0.25, 0.3) is 5.91 Å². The summed E-state index contributed by atoms with van der Waals surface area (Å²) in [7, 11) is 1.26. The number of anilines is 1. The van der Waals surface area contributed by atoms with E-state index in [1.807, 2.05) is 61.5 Å². The number of carbonyl (C=O) groups is 2. The molecule has 0 spiro atoms. The molecule has 0 fully saturated rings. The molecule has 1 heterocycles. The van der Waals surface area contributed by atoms with Crippen LogP contribution in [-0.2, 0) is 20.9 Å². The predicted molar refractivity (Wildman–Crippen MR) is 106 cm³/mol. The minimum atomic E-state index is -0.648. The highest BCUT2D eigenvalue weighted by Crippen LogP contribution is 2.20. The van der Waals surface area contributed by atoms with Crippen LogP contribution in [0.3, 0.4) is 0 Å². The molecule has 0 radical (unpaired) electrons. The zero-order chi connectivity index (χ0) is 19.4. The Morgan fingerprint density at radius 2 is 1.78 bits per heavy atom. The van der Waals surface area contributed by atoms with E-state index in [0.717, 1.165) is 11.1 Å². The number of methoxy groups -OCH3 is 1. The van der Waals surface area contributed by atoms with Crippen molar-refractivity contribution in [3.8, 4) is 0 Å². The van der Waals surface area contributed by atoms with Gasteiger partial charge in [0, 0.05) is 6.08 Å². The molecular weight excluding hydrogens is 362 g/mol. The lowest BCUT2D eigenvalue weighted by Gasteiger charge is -2.30. The number of thiocarbonyl (C=S) groups is 1. The van der Waals surface area contributed by atoms with Crippen molar-refractivity contribution in [1.82, 2.24) is 10.3 Å². The molecule has 0 atom stereocenters. The van der Waals surface area contributed by atoms with E-state index in [2.05, 4.69) is 5.43 Å². The first-order chi connectivity index (χ1) is 13.0. The van der Waals surface area contributed by atoms with Crippen molar-refractivity contribution in [3.05, 3.63) is 77.5 Å². The van der Waals surface area contributed by atoms with Crippen LogP contribution in [0.25, 0.3) is 0 Å². The van der Waals surface area contributed by atoms with E-state index in [0.29, 0.717) is 5.69 Å². The van der Waals surface area contributed by atoms with Gasteiger partial charge in [-0.3, -0.25) is 15.1 Å². The molecule has 1 aliphatic rings. The number of carbonyl (C=O) groups excluding carboxylic acids is 2. The first kappa shape index (κ1) is 18.6. The molecule has 1 amide bonds. The molecule has 0 saturated carbocycles. The number of ether oxygens (including phenoxy) is 1. The van der Waals surface area contributed by atoms with E-state index in [1.54, 1.807) is 0 Å². The van der Waals surface area contributed by atoms with E-state index in [9.17, 15) is 9.59 Å². The fourth-order valence-corrected chi connectivity index (χ4v) is 2.92. The molecule has 0 bridgehead atoms. The molecule has 27 heavy (non-hydrogen) atoms. The van der Waals surface area contributed by atoms with Gasteiger partial charge in [0.05, 0.1) is 19.3 Å². The van der Waals surface area contributed by atoms with Gasteiger partial charge >= 0.3 is 5.97 Å². The molecule has 138 valence electrons. The van der Waals surface area contributed by atoms with Gasteiger partial charge in [-0.1, -0.05) is 48.0 Å². The summed E-state index contributed by atoms with van der Waals surface area (Å²) in [5.74, 6) is -1.05. The third-order valence-electron chi connectivity index (χ3n) is 4.07. The molecule has 2 aromatic rings. The Bertz CT molecular complexity index is 894. The number of hydrogen-bond donors (Lipinski definition) is 1. The predicted octanol–water partition coefficient (Wildman–Crippen LogP) is 2.69. The summed E-state index contributed by atoms with van der Waals surface area (Å²) >= 11 is 5.59. The topological polar surface area (TPSA) is 61.9 Å². The number of rotatable bonds is 4. The number of esters is 1. The fourth-order valence-electron chi connectivity index (χ4n) is 2.61. The Balaban J connectivity index is 2.00. The van der Waals surface area contributed by atoms with Gasteiger partial charge in [-0.2, -0.15) is 0 Å². The Labute approximate surface area is 163 Å². The van der Waals surface area contributed by atoms with E-state index < -0.39 is 11.9 Å². The Morgan fingerprint density at radius 3 is 2.41 bits per heavy atom. The highest BCUT2D eigenvalue weighted by atomic mass is 32.1. The summed E-state index contributed by atoms with van der Waals surface area (Å²) in [6.07, 6.45) is 1.20. The Kier molecular flexibility index (Phi) is 5.52. The van der Waals surface area contributed by atoms with Gasteiger partial charge in [0.1, 0.15) is 5.70 Å². The van der Waals surface area contributed by atoms with Crippen molar-refractivity contribution in [2.24, 2.45) is 0 Å². The van der Waals surface area contributed by atoms with Crippen LogP contribution in [-0.4, -0.2) is 29.0 Å². The maximum Gasteiger partial charge on any atom is 0.356 e. The van der Waals surface area contributed by atoms with Crippen LogP contribution in [0.15, 0.2) is 66.4 Å². The van der Waals surface area contributed by atoms with Gasteiger partial charge in [-0.15, -0.1) is 0 Å². The SMILES string of the molecule is COC(=O)C1=CC(=O)N(Cc2ccccc2)C(=S)N(c2ccc(C)cc2)N1. The molecule has 0 aliphatic carbocycles. The summed E-state index contributed by atoms with van der Waals surface area (Å²) in [4.78, 5) is 26.3. The lowest BCUT2D eigenvalue weighted by Crippen LogP contribution is -2.49. The molecule has 2 aromatic carbocycles. The molecule has 0 aromatic heterocycles. The average molecular weight is 381 g/mol. The third kappa shape index (κ3) is 4.15. The monoisotopic (exact) mass is 381 g/mol. The number of nitrogens with one attached hydrogen (secondary N) is 1. The van der Waals surface area contributed by atoms with Crippen LogP contribution < -0.4 is 10.4 Å². The Hall–Kier alpha value is -3.19. The van der Waals surface area contributed by atoms with Gasteiger partial charge in [-0.05, 0) is 36.8 Å². The van der Waals surface area contributed by atoms with Crippen molar-refractivity contribution in [3.63, 3.8) is 0 Å². The lowest BCUT2D eigenvalue weighted by molar-refractivity contribution is -0.136. The number of amides is 1. The number of aryl methyl sites for hydroxylation is 1. The highest BCUT2D eigenvalue weighted by molar-refractivity contribution is 7.80. The molecule has 0 unspecified atom stereocenters. The van der Waals surface area contributed by atoms with Crippen molar-refractivity contribution in [1.29, 1.82) is 0 Å². The zero-order valence-corrected chi connectivity index (χ0v) is 15.8. The molecule has 6 nitrogen and oxygen atoms in total. The second-order valence-corrected chi connectivity index (χ2v) is 6.39. The summed E-state index contributed by atoms with van der Waals surface area (Å²) in [6.45, 7) is 2.26. The van der Waals surface area contributed by atoms with Crippen LogP contribution in [0.4, 0.5) is 5.69 Å². The van der Waals surface area contributed by atoms with Crippen LogP contribution >= 0.6 is 12.2 Å². The fraction of sp³-hybridized carbons (Fsp3) is 0.150. The van der Waals surface area contributed by atoms with E-state index in [-0.39, 0.29) is 17.4 Å². The van der Waals surface area contributed by atoms with Crippen molar-refractivity contribution in [2.75, 3.05) is 12.1 Å². The van der Waals surface area contributed by atoms with Crippen molar-refractivity contribution in [2.45, 2.75) is 13.5 Å². The van der Waals surface area contributed by atoms with E-state index in [1.165, 1.54) is 23.1 Å². The summed E-state index contributed by atoms with van der Waals surface area (Å²) in [6, 6.07) is 17.1. The maximum atomic E-state index is 12.8. The molecule has 0 saturated heterocycles. The van der Waals surface area contributed by atoms with Crippen LogP contribution in [0, 0.1) is 6.92 Å². The average Bonchev–Trinajstić information content (AvgIpc) is 2.80. The lowest BCUT2D eigenvalue weighted by atomic mass is 10.2. The maximum absolute atomic E-state index is 12.8. The largest absolute Gasteiger partial charge is 0.464 e. The normalized spacial score (nSPS) is 14.4. The zero-order valence-electron chi connectivity index (χ0n) is 15.0. The quantitative estimate of drug-likeness (QED) is 0.649. The second-order valence-electron chi connectivity index (χ2n) is 6.02. The molecule has 7 heteroatoms. The summed E-state index contributed by atoms with van der Waals surface area (Å²) in [5, 5.41) is 1.77. The van der Waals surface area contributed by atoms with Crippen LogP contribution in [0.1, 0.15) is 11.1 Å². The Morgan fingerprint density at radius 1 is 1.11 bits per heavy atom. The van der Waals surface area contributed by atoms with Crippen molar-refractivity contribution >= 4 is 34.9 Å². The summed E-state index contributed by atoms with van der Waals surface area (Å²) in [5.41, 5.74) is 5.64. The minimum absolute atomic E-state index is 0.0148. The number of hydrazine groups is 1. The first-order valence-electron chi connectivity index (χ1n) is 8.32. The van der Waals surface area contributed by atoms with Crippen LogP contribution in [0.2, 0.25) is 0 Å². The third-order valence-corrected chi connectivity index (χ3v) is 4.47. The molecule has 1 N–H and O–H groups in total. The minimum Gasteiger partial charge on any atom is -0.464 e. The molecule has 3 rings (SSSR count). The van der Waals surface area contributed by atoms with E-state index >= 15 is 0 Å². The number of nitrogens with zero attached hydrogens (tertiary/aromatic N) is 2. The van der Waals surface area contributed by atoms with E-state index in [4.69, 9.17) is 17.0 Å². The van der Waals surface area contributed by atoms with Crippen LogP contribution in [0.5, 0.6) is 0 Å². The summed E-state index contributed by atoms with van der Waals surface area (Å²) < 4.78 is 4.78. The first-order valence-corrected chi connectivity index (χ1v) is 8.73.